The van der Waals surface area contributed by atoms with Crippen molar-refractivity contribution in [3.8, 4) is 0 Å². The van der Waals surface area contributed by atoms with E-state index < -0.39 is 0 Å². The first-order valence-electron chi connectivity index (χ1n) is 7.30. The summed E-state index contributed by atoms with van der Waals surface area (Å²) in [6, 6.07) is 0. The molecule has 0 aromatic heterocycles. The molecule has 2 heteroatoms. The van der Waals surface area contributed by atoms with Crippen LogP contribution in [-0.4, -0.2) is 37.1 Å². The molecule has 0 atom stereocenters. The Balaban J connectivity index is 2.26. The first kappa shape index (κ1) is 15.0. The highest BCUT2D eigenvalue weighted by Crippen LogP contribution is 2.41. The monoisotopic (exact) mass is 240 g/mol. The van der Waals surface area contributed by atoms with Crippen LogP contribution < -0.4 is 5.32 Å². The van der Waals surface area contributed by atoms with Crippen molar-refractivity contribution < 1.29 is 0 Å². The van der Waals surface area contributed by atoms with Gasteiger partial charge in [-0.3, -0.25) is 0 Å². The Morgan fingerprint density at radius 2 is 1.76 bits per heavy atom. The van der Waals surface area contributed by atoms with E-state index in [0.29, 0.717) is 5.41 Å². The lowest BCUT2D eigenvalue weighted by molar-refractivity contribution is 0.169. The molecule has 0 amide bonds. The third kappa shape index (κ3) is 5.39. The van der Waals surface area contributed by atoms with E-state index in [1.54, 1.807) is 0 Å². The summed E-state index contributed by atoms with van der Waals surface area (Å²) in [6.07, 6.45) is 7.13. The van der Waals surface area contributed by atoms with E-state index in [1.807, 2.05) is 0 Å². The van der Waals surface area contributed by atoms with Crippen molar-refractivity contribution in [2.45, 2.75) is 65.3 Å². The average molecular weight is 240 g/mol. The van der Waals surface area contributed by atoms with Gasteiger partial charge < -0.3 is 10.2 Å². The van der Waals surface area contributed by atoms with Gasteiger partial charge in [0.05, 0.1) is 0 Å². The molecular formula is C15H32N2. The van der Waals surface area contributed by atoms with Gasteiger partial charge in [0, 0.05) is 25.2 Å². The molecule has 1 saturated carbocycles. The minimum atomic E-state index is 0.247. The third-order valence-corrected chi connectivity index (χ3v) is 4.17. The van der Waals surface area contributed by atoms with E-state index in [4.69, 9.17) is 0 Å². The van der Waals surface area contributed by atoms with Crippen molar-refractivity contribution in [3.63, 3.8) is 0 Å². The molecule has 2 nitrogen and oxygen atoms in total. The quantitative estimate of drug-likeness (QED) is 0.766. The molecular weight excluding hydrogens is 208 g/mol. The maximum atomic E-state index is 3.57. The van der Waals surface area contributed by atoms with Crippen molar-refractivity contribution in [2.24, 2.45) is 5.41 Å². The zero-order valence-electron chi connectivity index (χ0n) is 12.6. The molecule has 1 rings (SSSR count). The minimum Gasteiger partial charge on any atom is -0.311 e. The number of likely N-dealkylation sites (N-methyl/N-ethyl adjacent to an activating group) is 1. The molecule has 0 spiro atoms. The maximum Gasteiger partial charge on any atom is 0.0104 e. The predicted octanol–water partition coefficient (Wildman–Crippen LogP) is 3.28. The first-order chi connectivity index (χ1) is 7.87. The fourth-order valence-electron chi connectivity index (χ4n) is 3.02. The Kier molecular flexibility index (Phi) is 5.46. The van der Waals surface area contributed by atoms with Crippen molar-refractivity contribution >= 4 is 0 Å². The molecule has 1 aliphatic rings. The van der Waals surface area contributed by atoms with Crippen molar-refractivity contribution in [2.75, 3.05) is 26.7 Å². The molecule has 0 aromatic carbocycles. The molecule has 102 valence electrons. The van der Waals surface area contributed by atoms with Gasteiger partial charge in [0.2, 0.25) is 0 Å². The molecule has 1 N–H and O–H groups in total. The van der Waals surface area contributed by atoms with E-state index in [9.17, 15) is 0 Å². The van der Waals surface area contributed by atoms with Crippen LogP contribution in [0.1, 0.15) is 59.8 Å². The summed E-state index contributed by atoms with van der Waals surface area (Å²) in [5.41, 5.74) is 0.882. The first-order valence-corrected chi connectivity index (χ1v) is 7.30. The summed E-state index contributed by atoms with van der Waals surface area (Å²) in [5, 5.41) is 3.57. The second-order valence-corrected chi connectivity index (χ2v) is 6.98. The highest BCUT2D eigenvalue weighted by atomic mass is 15.1. The van der Waals surface area contributed by atoms with Crippen LogP contribution in [0, 0.1) is 5.41 Å². The summed E-state index contributed by atoms with van der Waals surface area (Å²) in [4.78, 5) is 2.52. The molecule has 0 radical (unpaired) electrons. The van der Waals surface area contributed by atoms with E-state index in [-0.39, 0.29) is 5.54 Å². The smallest absolute Gasteiger partial charge is 0.0104 e. The number of hydrogen-bond acceptors (Lipinski definition) is 2. The largest absolute Gasteiger partial charge is 0.311 e. The summed E-state index contributed by atoms with van der Waals surface area (Å²) >= 11 is 0. The number of nitrogens with one attached hydrogen (secondary N) is 1. The van der Waals surface area contributed by atoms with Crippen molar-refractivity contribution in [1.29, 1.82) is 0 Å². The SMILES string of the molecule is CCC1(CN(C)CCNC(C)(C)C)CCCC1. The van der Waals surface area contributed by atoms with Crippen LogP contribution in [-0.2, 0) is 0 Å². The van der Waals surface area contributed by atoms with Gasteiger partial charge in [-0.1, -0.05) is 19.8 Å². The summed E-state index contributed by atoms with van der Waals surface area (Å²) in [7, 11) is 2.28. The zero-order valence-corrected chi connectivity index (χ0v) is 12.6. The standard InChI is InChI=1S/C15H32N2/c1-6-15(9-7-8-10-15)13-17(5)12-11-16-14(2,3)4/h16H,6-13H2,1-5H3. The van der Waals surface area contributed by atoms with E-state index in [1.165, 1.54) is 45.2 Å². The van der Waals surface area contributed by atoms with E-state index >= 15 is 0 Å². The van der Waals surface area contributed by atoms with Crippen LogP contribution in [0.15, 0.2) is 0 Å². The van der Waals surface area contributed by atoms with Crippen LogP contribution in [0.2, 0.25) is 0 Å². The Labute approximate surface area is 108 Å². The lowest BCUT2D eigenvalue weighted by atomic mass is 9.83. The van der Waals surface area contributed by atoms with Gasteiger partial charge in [-0.15, -0.1) is 0 Å². The second-order valence-electron chi connectivity index (χ2n) is 6.98. The number of nitrogens with zero attached hydrogens (tertiary/aromatic N) is 1. The van der Waals surface area contributed by atoms with Gasteiger partial charge >= 0.3 is 0 Å². The Hall–Kier alpha value is -0.0800. The van der Waals surface area contributed by atoms with Gasteiger partial charge in [-0.2, -0.15) is 0 Å². The summed E-state index contributed by atoms with van der Waals surface area (Å²) in [6.45, 7) is 12.6. The fraction of sp³-hybridized carbons (Fsp3) is 1.00. The van der Waals surface area contributed by atoms with E-state index in [0.717, 1.165) is 6.54 Å². The lowest BCUT2D eigenvalue weighted by Gasteiger charge is -2.33. The molecule has 0 heterocycles. The second kappa shape index (κ2) is 6.19. The number of rotatable bonds is 6. The molecule has 1 fully saturated rings. The van der Waals surface area contributed by atoms with Gasteiger partial charge in [-0.25, -0.2) is 0 Å². The molecule has 0 bridgehead atoms. The van der Waals surface area contributed by atoms with Gasteiger partial charge in [0.25, 0.3) is 0 Å². The lowest BCUT2D eigenvalue weighted by Crippen LogP contribution is -2.42. The molecule has 1 aliphatic carbocycles. The molecule has 0 aliphatic heterocycles. The molecule has 17 heavy (non-hydrogen) atoms. The zero-order chi connectivity index (χ0) is 12.9. The van der Waals surface area contributed by atoms with Crippen LogP contribution in [0.25, 0.3) is 0 Å². The van der Waals surface area contributed by atoms with Crippen LogP contribution >= 0.6 is 0 Å². The molecule has 0 saturated heterocycles. The van der Waals surface area contributed by atoms with E-state index in [2.05, 4.69) is 45.0 Å². The molecule has 0 aromatic rings. The van der Waals surface area contributed by atoms with Crippen LogP contribution in [0.3, 0.4) is 0 Å². The minimum absolute atomic E-state index is 0.247. The maximum absolute atomic E-state index is 3.57. The summed E-state index contributed by atoms with van der Waals surface area (Å²) < 4.78 is 0. The summed E-state index contributed by atoms with van der Waals surface area (Å²) in [5.74, 6) is 0. The fourth-order valence-corrected chi connectivity index (χ4v) is 3.02. The highest BCUT2D eigenvalue weighted by Gasteiger charge is 2.32. The van der Waals surface area contributed by atoms with Crippen LogP contribution in [0.5, 0.6) is 0 Å². The topological polar surface area (TPSA) is 15.3 Å². The molecule has 0 unspecified atom stereocenters. The Bertz CT molecular complexity index is 211. The Morgan fingerprint density at radius 1 is 1.18 bits per heavy atom. The van der Waals surface area contributed by atoms with Gasteiger partial charge in [0.1, 0.15) is 0 Å². The Morgan fingerprint density at radius 3 is 2.24 bits per heavy atom. The van der Waals surface area contributed by atoms with Gasteiger partial charge in [0.15, 0.2) is 0 Å². The van der Waals surface area contributed by atoms with Crippen molar-refractivity contribution in [1.82, 2.24) is 10.2 Å². The van der Waals surface area contributed by atoms with Crippen molar-refractivity contribution in [3.05, 3.63) is 0 Å². The average Bonchev–Trinajstić information content (AvgIpc) is 2.65. The van der Waals surface area contributed by atoms with Crippen LogP contribution in [0.4, 0.5) is 0 Å². The normalized spacial score (nSPS) is 20.1. The highest BCUT2D eigenvalue weighted by molar-refractivity contribution is 4.86. The number of hydrogen-bond donors (Lipinski definition) is 1. The van der Waals surface area contributed by atoms with Gasteiger partial charge in [-0.05, 0) is 52.5 Å². The predicted molar refractivity (Wildman–Crippen MR) is 76.4 cm³/mol. The third-order valence-electron chi connectivity index (χ3n) is 4.17.